The van der Waals surface area contributed by atoms with Gasteiger partial charge in [0, 0.05) is 10.6 Å². The Balaban J connectivity index is 1.83. The topological polar surface area (TPSA) is 69.9 Å². The minimum absolute atomic E-state index is 0.191. The van der Waals surface area contributed by atoms with E-state index in [0.717, 1.165) is 16.7 Å². The fourth-order valence-corrected chi connectivity index (χ4v) is 5.46. The van der Waals surface area contributed by atoms with Gasteiger partial charge in [-0.2, -0.15) is 0 Å². The van der Waals surface area contributed by atoms with Crippen LogP contribution in [0.3, 0.4) is 0 Å². The quantitative estimate of drug-likeness (QED) is 0.342. The van der Waals surface area contributed by atoms with Crippen molar-refractivity contribution in [2.75, 3.05) is 13.7 Å². The monoisotopic (exact) mass is 530 g/mol. The molecule has 6 nitrogen and oxygen atoms in total. The van der Waals surface area contributed by atoms with Crippen LogP contribution in [-0.4, -0.2) is 24.3 Å². The number of ether oxygens (including phenoxy) is 2. The molecule has 1 aromatic heterocycles. The van der Waals surface area contributed by atoms with Crippen LogP contribution in [0.4, 0.5) is 0 Å². The van der Waals surface area contributed by atoms with Gasteiger partial charge in [0.25, 0.3) is 5.56 Å². The van der Waals surface area contributed by atoms with Crippen molar-refractivity contribution in [2.24, 2.45) is 4.99 Å². The number of hydrogen-bond donors (Lipinski definition) is 0. The zero-order valence-electron chi connectivity index (χ0n) is 20.2. The first-order chi connectivity index (χ1) is 18.0. The maximum atomic E-state index is 13.8. The number of benzene rings is 3. The molecule has 1 aliphatic heterocycles. The molecule has 0 spiro atoms. The van der Waals surface area contributed by atoms with Crippen LogP contribution in [0.2, 0.25) is 5.02 Å². The lowest BCUT2D eigenvalue weighted by molar-refractivity contribution is -0.138. The fraction of sp³-hybridized carbons (Fsp3) is 0.138. The van der Waals surface area contributed by atoms with Gasteiger partial charge >= 0.3 is 5.97 Å². The van der Waals surface area contributed by atoms with Gasteiger partial charge in [-0.25, -0.2) is 9.79 Å². The summed E-state index contributed by atoms with van der Waals surface area (Å²) in [5.74, 6) is 0.145. The summed E-state index contributed by atoms with van der Waals surface area (Å²) in [4.78, 5) is 32.6. The number of fused-ring (bicyclic) bond motifs is 1. The van der Waals surface area contributed by atoms with Gasteiger partial charge in [-0.05, 0) is 42.3 Å². The van der Waals surface area contributed by atoms with Crippen molar-refractivity contribution in [1.29, 1.82) is 0 Å². The van der Waals surface area contributed by atoms with Crippen molar-refractivity contribution >= 4 is 40.7 Å². The molecule has 0 saturated heterocycles. The molecule has 1 atom stereocenters. The zero-order valence-corrected chi connectivity index (χ0v) is 21.8. The normalized spacial score (nSPS) is 15.2. The first kappa shape index (κ1) is 24.7. The lowest BCUT2D eigenvalue weighted by Crippen LogP contribution is -2.40. The number of aromatic nitrogens is 1. The van der Waals surface area contributed by atoms with E-state index in [2.05, 4.69) is 0 Å². The summed E-state index contributed by atoms with van der Waals surface area (Å²) in [5.41, 5.74) is 2.73. The summed E-state index contributed by atoms with van der Waals surface area (Å²) in [7, 11) is 1.59. The minimum Gasteiger partial charge on any atom is -0.497 e. The Kier molecular flexibility index (Phi) is 7.08. The summed E-state index contributed by atoms with van der Waals surface area (Å²) < 4.78 is 12.8. The van der Waals surface area contributed by atoms with Crippen LogP contribution in [0.25, 0.3) is 11.8 Å². The van der Waals surface area contributed by atoms with E-state index in [1.165, 1.54) is 11.3 Å². The van der Waals surface area contributed by atoms with Gasteiger partial charge in [0.1, 0.15) is 5.75 Å². The summed E-state index contributed by atoms with van der Waals surface area (Å²) in [6.45, 7) is 1.94. The third kappa shape index (κ3) is 4.75. The number of hydrogen-bond acceptors (Lipinski definition) is 6. The second-order valence-electron chi connectivity index (χ2n) is 8.23. The van der Waals surface area contributed by atoms with Gasteiger partial charge in [0.05, 0.1) is 35.6 Å². The molecule has 0 aliphatic carbocycles. The molecule has 0 amide bonds. The number of rotatable bonds is 6. The molecule has 0 unspecified atom stereocenters. The summed E-state index contributed by atoms with van der Waals surface area (Å²) in [5, 5.41) is 0.539. The zero-order chi connectivity index (χ0) is 25.9. The minimum atomic E-state index is -0.746. The largest absolute Gasteiger partial charge is 0.497 e. The Bertz CT molecular complexity index is 1670. The average Bonchev–Trinajstić information content (AvgIpc) is 3.24. The highest BCUT2D eigenvalue weighted by atomic mass is 35.5. The molecule has 4 aromatic rings. The molecule has 0 saturated carbocycles. The lowest BCUT2D eigenvalue weighted by atomic mass is 9.93. The summed E-state index contributed by atoms with van der Waals surface area (Å²) in [6, 6.07) is 23.3. The van der Waals surface area contributed by atoms with Crippen molar-refractivity contribution in [3.05, 3.63) is 126 Å². The van der Waals surface area contributed by atoms with Crippen molar-refractivity contribution < 1.29 is 14.3 Å². The Morgan fingerprint density at radius 1 is 1.05 bits per heavy atom. The van der Waals surface area contributed by atoms with Gasteiger partial charge in [0.2, 0.25) is 0 Å². The van der Waals surface area contributed by atoms with E-state index in [9.17, 15) is 9.59 Å². The number of thiazole rings is 1. The standard InChI is InChI=1S/C29H23ClN2O4S/c1-3-36-28(34)24-25(18-9-5-4-6-10-18)31-29-32(26(24)19-13-15-21(35-2)16-14-19)27(33)23(37-29)17-20-11-7-8-12-22(20)30/h4-17,26H,3H2,1-2H3/b23-17+/t26-/m0/s1. The molecule has 1 aliphatic rings. The molecule has 0 bridgehead atoms. The number of carbonyl (C=O) groups excluding carboxylic acids is 1. The second kappa shape index (κ2) is 10.6. The SMILES string of the molecule is CCOC(=O)C1=C(c2ccccc2)N=c2s/c(=C/c3ccccc3Cl)c(=O)n2[C@H]1c1ccc(OC)cc1. The predicted octanol–water partition coefficient (Wildman–Crippen LogP) is 4.60. The van der Waals surface area contributed by atoms with Gasteiger partial charge in [-0.1, -0.05) is 83.6 Å². The molecular weight excluding hydrogens is 508 g/mol. The molecule has 0 N–H and O–H groups in total. The molecule has 5 rings (SSSR count). The molecule has 2 heterocycles. The van der Waals surface area contributed by atoms with Gasteiger partial charge in [0.15, 0.2) is 4.80 Å². The first-order valence-corrected chi connectivity index (χ1v) is 12.9. The van der Waals surface area contributed by atoms with Crippen molar-refractivity contribution in [3.63, 3.8) is 0 Å². The lowest BCUT2D eigenvalue weighted by Gasteiger charge is -2.26. The molecular formula is C29H23ClN2O4S. The summed E-state index contributed by atoms with van der Waals surface area (Å²) >= 11 is 7.62. The van der Waals surface area contributed by atoms with Gasteiger partial charge in [-0.15, -0.1) is 0 Å². The predicted molar refractivity (Wildman–Crippen MR) is 146 cm³/mol. The smallest absolute Gasteiger partial charge is 0.338 e. The highest BCUT2D eigenvalue weighted by molar-refractivity contribution is 7.07. The number of esters is 1. The van der Waals surface area contributed by atoms with Crippen LogP contribution in [0.1, 0.15) is 29.7 Å². The van der Waals surface area contributed by atoms with E-state index in [0.29, 0.717) is 31.4 Å². The fourth-order valence-electron chi connectivity index (χ4n) is 4.28. The van der Waals surface area contributed by atoms with E-state index >= 15 is 0 Å². The van der Waals surface area contributed by atoms with E-state index in [-0.39, 0.29) is 12.2 Å². The van der Waals surface area contributed by atoms with E-state index < -0.39 is 12.0 Å². The molecule has 37 heavy (non-hydrogen) atoms. The third-order valence-electron chi connectivity index (χ3n) is 6.00. The highest BCUT2D eigenvalue weighted by Gasteiger charge is 2.35. The summed E-state index contributed by atoms with van der Waals surface area (Å²) in [6.07, 6.45) is 1.76. The molecule has 0 fully saturated rings. The maximum absolute atomic E-state index is 13.8. The van der Waals surface area contributed by atoms with Crippen LogP contribution >= 0.6 is 22.9 Å². The molecule has 8 heteroatoms. The van der Waals surface area contributed by atoms with Crippen molar-refractivity contribution in [3.8, 4) is 5.75 Å². The third-order valence-corrected chi connectivity index (χ3v) is 7.32. The Morgan fingerprint density at radius 2 is 1.76 bits per heavy atom. The highest BCUT2D eigenvalue weighted by Crippen LogP contribution is 2.35. The van der Waals surface area contributed by atoms with Crippen molar-refractivity contribution in [2.45, 2.75) is 13.0 Å². The number of methoxy groups -OCH3 is 1. The number of carbonyl (C=O) groups is 1. The van der Waals surface area contributed by atoms with Crippen LogP contribution in [0.5, 0.6) is 5.75 Å². The van der Waals surface area contributed by atoms with Gasteiger partial charge in [-0.3, -0.25) is 9.36 Å². The molecule has 0 radical (unpaired) electrons. The Labute approximate surface area is 222 Å². The Morgan fingerprint density at radius 3 is 2.43 bits per heavy atom. The Hall–Kier alpha value is -3.94. The van der Waals surface area contributed by atoms with E-state index in [4.69, 9.17) is 26.1 Å². The number of nitrogens with zero attached hydrogens (tertiary/aromatic N) is 2. The second-order valence-corrected chi connectivity index (χ2v) is 9.64. The average molecular weight is 531 g/mol. The van der Waals surface area contributed by atoms with Crippen molar-refractivity contribution in [1.82, 2.24) is 4.57 Å². The molecule has 186 valence electrons. The molecule has 3 aromatic carbocycles. The van der Waals surface area contributed by atoms with Crippen LogP contribution < -0.4 is 19.6 Å². The van der Waals surface area contributed by atoms with Crippen LogP contribution in [0, 0.1) is 0 Å². The number of halogens is 1. The van der Waals surface area contributed by atoms with Crippen LogP contribution in [-0.2, 0) is 9.53 Å². The maximum Gasteiger partial charge on any atom is 0.338 e. The van der Waals surface area contributed by atoms with E-state index in [1.807, 2.05) is 60.7 Å². The van der Waals surface area contributed by atoms with Crippen LogP contribution in [0.15, 0.2) is 94.2 Å². The first-order valence-electron chi connectivity index (χ1n) is 11.7. The van der Waals surface area contributed by atoms with Gasteiger partial charge < -0.3 is 9.47 Å². The van der Waals surface area contributed by atoms with E-state index in [1.54, 1.807) is 42.9 Å².